The monoisotopic (exact) mass is 275 g/mol. The first-order valence-corrected chi connectivity index (χ1v) is 7.47. The fourth-order valence-electron chi connectivity index (χ4n) is 2.87. The minimum atomic E-state index is -0.284. The van der Waals surface area contributed by atoms with Crippen LogP contribution in [-0.2, 0) is 11.2 Å². The van der Waals surface area contributed by atoms with Crippen molar-refractivity contribution in [2.45, 2.75) is 32.7 Å². The fourth-order valence-corrected chi connectivity index (χ4v) is 2.87. The van der Waals surface area contributed by atoms with E-state index in [1.165, 1.54) is 11.3 Å². The highest BCUT2D eigenvalue weighted by Crippen LogP contribution is 2.29. The van der Waals surface area contributed by atoms with Crippen molar-refractivity contribution in [3.05, 3.63) is 29.8 Å². The molecule has 0 saturated carbocycles. The van der Waals surface area contributed by atoms with Crippen LogP contribution in [0.25, 0.3) is 0 Å². The van der Waals surface area contributed by atoms with Crippen LogP contribution in [0.2, 0.25) is 0 Å². The molecule has 2 atom stereocenters. The number of nitrogens with two attached hydrogens (primary N) is 1. The lowest BCUT2D eigenvalue weighted by molar-refractivity contribution is -0.119. The Morgan fingerprint density at radius 1 is 1.50 bits per heavy atom. The van der Waals surface area contributed by atoms with Gasteiger partial charge in [-0.15, -0.1) is 0 Å². The van der Waals surface area contributed by atoms with Crippen molar-refractivity contribution in [2.75, 3.05) is 24.5 Å². The molecular formula is C16H25N3O. The first kappa shape index (κ1) is 14.9. The average Bonchev–Trinajstić information content (AvgIpc) is 2.42. The molecule has 1 amide bonds. The van der Waals surface area contributed by atoms with Gasteiger partial charge in [0, 0.05) is 18.8 Å². The summed E-state index contributed by atoms with van der Waals surface area (Å²) in [7, 11) is 0. The van der Waals surface area contributed by atoms with E-state index in [1.54, 1.807) is 0 Å². The molecule has 0 aliphatic carbocycles. The molecule has 0 bridgehead atoms. The van der Waals surface area contributed by atoms with E-state index in [2.05, 4.69) is 48.3 Å². The van der Waals surface area contributed by atoms with Crippen LogP contribution in [0, 0.1) is 5.92 Å². The van der Waals surface area contributed by atoms with Gasteiger partial charge in [0.05, 0.1) is 0 Å². The Morgan fingerprint density at radius 3 is 2.95 bits per heavy atom. The van der Waals surface area contributed by atoms with Crippen molar-refractivity contribution in [3.63, 3.8) is 0 Å². The topological polar surface area (TPSA) is 58.4 Å². The highest BCUT2D eigenvalue weighted by Gasteiger charge is 2.25. The van der Waals surface area contributed by atoms with Crippen LogP contribution in [0.4, 0.5) is 5.69 Å². The maximum Gasteiger partial charge on any atom is 0.236 e. The first-order valence-electron chi connectivity index (χ1n) is 7.47. The van der Waals surface area contributed by atoms with E-state index in [0.29, 0.717) is 12.5 Å². The summed E-state index contributed by atoms with van der Waals surface area (Å²) in [6.07, 6.45) is 2.10. The number of hydrogen-bond acceptors (Lipinski definition) is 3. The Morgan fingerprint density at radius 2 is 2.25 bits per heavy atom. The minimum Gasteiger partial charge on any atom is -0.369 e. The maximum absolute atomic E-state index is 11.6. The summed E-state index contributed by atoms with van der Waals surface area (Å²) in [6, 6.07) is 8.17. The molecular weight excluding hydrogens is 250 g/mol. The van der Waals surface area contributed by atoms with Crippen LogP contribution in [0.5, 0.6) is 0 Å². The van der Waals surface area contributed by atoms with Crippen LogP contribution in [0.3, 0.4) is 0 Å². The number of primary amides is 1. The molecule has 1 aliphatic rings. The van der Waals surface area contributed by atoms with Crippen molar-refractivity contribution < 1.29 is 4.79 Å². The SMILES string of the molecule is CCCNC(CN1CC(C)Cc2ccccc21)C(N)=O. The van der Waals surface area contributed by atoms with E-state index in [0.717, 1.165) is 25.9 Å². The number of rotatable bonds is 6. The molecule has 1 aromatic carbocycles. The van der Waals surface area contributed by atoms with Gasteiger partial charge in [0.1, 0.15) is 6.04 Å². The molecule has 0 radical (unpaired) electrons. The molecule has 1 heterocycles. The zero-order valence-corrected chi connectivity index (χ0v) is 12.4. The van der Waals surface area contributed by atoms with Crippen LogP contribution in [0.1, 0.15) is 25.8 Å². The number of nitrogens with zero attached hydrogens (tertiary/aromatic N) is 1. The van der Waals surface area contributed by atoms with Gasteiger partial charge in [0.2, 0.25) is 5.91 Å². The summed E-state index contributed by atoms with van der Waals surface area (Å²) < 4.78 is 0. The van der Waals surface area contributed by atoms with E-state index in [4.69, 9.17) is 5.73 Å². The highest BCUT2D eigenvalue weighted by molar-refractivity contribution is 5.80. The molecule has 3 N–H and O–H groups in total. The lowest BCUT2D eigenvalue weighted by Crippen LogP contribution is -2.51. The lowest BCUT2D eigenvalue weighted by Gasteiger charge is -2.36. The van der Waals surface area contributed by atoms with Gasteiger partial charge in [-0.2, -0.15) is 0 Å². The third-order valence-electron chi connectivity index (χ3n) is 3.82. The van der Waals surface area contributed by atoms with Crippen LogP contribution >= 0.6 is 0 Å². The van der Waals surface area contributed by atoms with Gasteiger partial charge in [0.25, 0.3) is 0 Å². The second kappa shape index (κ2) is 6.75. The second-order valence-electron chi connectivity index (χ2n) is 5.75. The molecule has 0 aromatic heterocycles. The van der Waals surface area contributed by atoms with Gasteiger partial charge >= 0.3 is 0 Å². The van der Waals surface area contributed by atoms with Gasteiger partial charge in [0.15, 0.2) is 0 Å². The summed E-state index contributed by atoms with van der Waals surface area (Å²) in [4.78, 5) is 13.9. The predicted molar refractivity (Wildman–Crippen MR) is 82.8 cm³/mol. The van der Waals surface area contributed by atoms with Crippen molar-refractivity contribution in [1.82, 2.24) is 5.32 Å². The van der Waals surface area contributed by atoms with Crippen molar-refractivity contribution >= 4 is 11.6 Å². The molecule has 2 rings (SSSR count). The smallest absolute Gasteiger partial charge is 0.236 e. The molecule has 0 fully saturated rings. The van der Waals surface area contributed by atoms with E-state index < -0.39 is 0 Å². The Bertz CT molecular complexity index is 461. The number of benzene rings is 1. The van der Waals surface area contributed by atoms with Gasteiger partial charge in [-0.25, -0.2) is 0 Å². The summed E-state index contributed by atoms with van der Waals surface area (Å²) in [5.41, 5.74) is 8.13. The molecule has 2 unspecified atom stereocenters. The standard InChI is InChI=1S/C16H25N3O/c1-3-8-18-14(16(17)20)11-19-10-12(2)9-13-6-4-5-7-15(13)19/h4-7,12,14,18H,3,8-11H2,1-2H3,(H2,17,20). The maximum atomic E-state index is 11.6. The Kier molecular flexibility index (Phi) is 5.01. The van der Waals surface area contributed by atoms with Crippen LogP contribution < -0.4 is 16.0 Å². The van der Waals surface area contributed by atoms with Crippen molar-refractivity contribution in [3.8, 4) is 0 Å². The Labute approximate surface area is 121 Å². The summed E-state index contributed by atoms with van der Waals surface area (Å²) in [6.45, 7) is 6.79. The second-order valence-corrected chi connectivity index (χ2v) is 5.75. The van der Waals surface area contributed by atoms with Crippen molar-refractivity contribution in [2.24, 2.45) is 11.7 Å². The van der Waals surface area contributed by atoms with Gasteiger partial charge in [-0.3, -0.25) is 4.79 Å². The average molecular weight is 275 g/mol. The number of nitrogens with one attached hydrogen (secondary N) is 1. The predicted octanol–water partition coefficient (Wildman–Crippen LogP) is 1.54. The third kappa shape index (κ3) is 3.51. The number of hydrogen-bond donors (Lipinski definition) is 2. The Hall–Kier alpha value is -1.55. The lowest BCUT2D eigenvalue weighted by atomic mass is 9.93. The first-order chi connectivity index (χ1) is 9.61. The number of carbonyl (C=O) groups is 1. The minimum absolute atomic E-state index is 0.269. The quantitative estimate of drug-likeness (QED) is 0.828. The van der Waals surface area contributed by atoms with E-state index in [-0.39, 0.29) is 11.9 Å². The van der Waals surface area contributed by atoms with Gasteiger partial charge in [-0.05, 0) is 36.9 Å². The molecule has 4 heteroatoms. The number of fused-ring (bicyclic) bond motifs is 1. The van der Waals surface area contributed by atoms with Crippen LogP contribution in [0.15, 0.2) is 24.3 Å². The fraction of sp³-hybridized carbons (Fsp3) is 0.562. The largest absolute Gasteiger partial charge is 0.369 e. The molecule has 4 nitrogen and oxygen atoms in total. The third-order valence-corrected chi connectivity index (χ3v) is 3.82. The zero-order valence-electron chi connectivity index (χ0n) is 12.4. The molecule has 0 spiro atoms. The summed E-state index contributed by atoms with van der Waals surface area (Å²) in [5.74, 6) is 0.332. The van der Waals surface area contributed by atoms with E-state index >= 15 is 0 Å². The van der Waals surface area contributed by atoms with Crippen LogP contribution in [-0.4, -0.2) is 31.6 Å². The van der Waals surface area contributed by atoms with E-state index in [9.17, 15) is 4.79 Å². The summed E-state index contributed by atoms with van der Waals surface area (Å²) in [5, 5.41) is 3.25. The highest BCUT2D eigenvalue weighted by atomic mass is 16.1. The van der Waals surface area contributed by atoms with E-state index in [1.807, 2.05) is 0 Å². The Balaban J connectivity index is 2.13. The molecule has 1 aliphatic heterocycles. The normalized spacial score (nSPS) is 19.5. The molecule has 1 aromatic rings. The van der Waals surface area contributed by atoms with Gasteiger partial charge in [-0.1, -0.05) is 32.0 Å². The molecule has 20 heavy (non-hydrogen) atoms. The summed E-state index contributed by atoms with van der Waals surface area (Å²) >= 11 is 0. The molecule has 110 valence electrons. The van der Waals surface area contributed by atoms with Crippen molar-refractivity contribution in [1.29, 1.82) is 0 Å². The number of para-hydroxylation sites is 1. The zero-order chi connectivity index (χ0) is 14.5. The number of amides is 1. The van der Waals surface area contributed by atoms with Gasteiger partial charge < -0.3 is 16.0 Å². The number of carbonyl (C=O) groups excluding carboxylic acids is 1. The molecule has 0 saturated heterocycles. The number of anilines is 1.